The van der Waals surface area contributed by atoms with Gasteiger partial charge in [-0.1, -0.05) is 13.8 Å². The van der Waals surface area contributed by atoms with E-state index in [0.29, 0.717) is 12.6 Å². The number of methoxy groups -OCH3 is 1. The standard InChI is InChI=1S/C19H31N3O2.HI/c1-13(2)14-5-7-16(8-6-14)22-19(20-3)21-12-15-11-17(24-4)9-10-18(15)23;/h9-11,13-14,16,23H,5-8,12H2,1-4H3,(H2,20,21,22);1H. The van der Waals surface area contributed by atoms with Gasteiger partial charge in [0, 0.05) is 25.2 Å². The molecule has 1 saturated carbocycles. The summed E-state index contributed by atoms with van der Waals surface area (Å²) in [5, 5.41) is 16.8. The average Bonchev–Trinajstić information content (AvgIpc) is 2.60. The highest BCUT2D eigenvalue weighted by Gasteiger charge is 2.23. The van der Waals surface area contributed by atoms with Crippen LogP contribution in [0.4, 0.5) is 0 Å². The van der Waals surface area contributed by atoms with E-state index < -0.39 is 0 Å². The van der Waals surface area contributed by atoms with Gasteiger partial charge in [0.15, 0.2) is 5.96 Å². The molecule has 0 bridgehead atoms. The van der Waals surface area contributed by atoms with E-state index in [0.717, 1.165) is 29.1 Å². The lowest BCUT2D eigenvalue weighted by atomic mass is 9.80. The molecule has 25 heavy (non-hydrogen) atoms. The van der Waals surface area contributed by atoms with Crippen LogP contribution in [0.1, 0.15) is 45.1 Å². The van der Waals surface area contributed by atoms with E-state index in [4.69, 9.17) is 4.74 Å². The summed E-state index contributed by atoms with van der Waals surface area (Å²) in [5.74, 6) is 3.41. The maximum Gasteiger partial charge on any atom is 0.191 e. The summed E-state index contributed by atoms with van der Waals surface area (Å²) in [6, 6.07) is 5.71. The smallest absolute Gasteiger partial charge is 0.191 e. The summed E-state index contributed by atoms with van der Waals surface area (Å²) in [5.41, 5.74) is 0.792. The van der Waals surface area contributed by atoms with Crippen LogP contribution in [0.2, 0.25) is 0 Å². The molecule has 0 aliphatic heterocycles. The molecule has 1 aliphatic carbocycles. The quantitative estimate of drug-likeness (QED) is 0.354. The zero-order valence-electron chi connectivity index (χ0n) is 15.7. The molecule has 1 aliphatic rings. The Bertz CT molecular complexity index is 556. The van der Waals surface area contributed by atoms with E-state index in [2.05, 4.69) is 29.5 Å². The highest BCUT2D eigenvalue weighted by molar-refractivity contribution is 14.0. The fraction of sp³-hybridized carbons (Fsp3) is 0.632. The third kappa shape index (κ3) is 6.56. The first-order valence-electron chi connectivity index (χ1n) is 8.86. The number of halogens is 1. The molecule has 0 aromatic heterocycles. The SMILES string of the molecule is CN=C(NCc1cc(OC)ccc1O)NC1CCC(C(C)C)CC1.I. The van der Waals surface area contributed by atoms with Crippen molar-refractivity contribution in [3.05, 3.63) is 23.8 Å². The minimum absolute atomic E-state index is 0. The van der Waals surface area contributed by atoms with Crippen molar-refractivity contribution in [1.29, 1.82) is 0 Å². The van der Waals surface area contributed by atoms with E-state index in [-0.39, 0.29) is 29.7 Å². The molecule has 1 aromatic rings. The fourth-order valence-corrected chi connectivity index (χ4v) is 3.33. The molecule has 0 radical (unpaired) electrons. The third-order valence-electron chi connectivity index (χ3n) is 5.01. The predicted octanol–water partition coefficient (Wildman–Crippen LogP) is 3.90. The van der Waals surface area contributed by atoms with Crippen LogP contribution >= 0.6 is 24.0 Å². The van der Waals surface area contributed by atoms with Gasteiger partial charge in [0.2, 0.25) is 0 Å². The van der Waals surface area contributed by atoms with E-state index in [1.165, 1.54) is 25.7 Å². The second kappa shape index (κ2) is 10.7. The van der Waals surface area contributed by atoms with Crippen molar-refractivity contribution in [3.8, 4) is 11.5 Å². The number of ether oxygens (including phenoxy) is 1. The number of aromatic hydroxyl groups is 1. The number of aliphatic imine (C=N–C) groups is 1. The van der Waals surface area contributed by atoms with Gasteiger partial charge in [-0.15, -0.1) is 24.0 Å². The van der Waals surface area contributed by atoms with Gasteiger partial charge < -0.3 is 20.5 Å². The summed E-state index contributed by atoms with van der Waals surface area (Å²) in [4.78, 5) is 4.31. The lowest BCUT2D eigenvalue weighted by Gasteiger charge is -2.32. The van der Waals surface area contributed by atoms with Crippen LogP contribution in [0.5, 0.6) is 11.5 Å². The Morgan fingerprint density at radius 3 is 2.52 bits per heavy atom. The molecule has 0 saturated heterocycles. The number of phenols is 1. The first kappa shape index (κ1) is 21.9. The second-order valence-corrected chi connectivity index (χ2v) is 6.92. The first-order chi connectivity index (χ1) is 11.5. The molecule has 5 nitrogen and oxygen atoms in total. The molecule has 0 amide bonds. The van der Waals surface area contributed by atoms with Crippen LogP contribution in [0.25, 0.3) is 0 Å². The molecule has 0 heterocycles. The van der Waals surface area contributed by atoms with Crippen molar-refractivity contribution in [3.63, 3.8) is 0 Å². The van der Waals surface area contributed by atoms with Crippen LogP contribution in [0.15, 0.2) is 23.2 Å². The minimum Gasteiger partial charge on any atom is -0.508 e. The number of nitrogens with one attached hydrogen (secondary N) is 2. The zero-order valence-corrected chi connectivity index (χ0v) is 18.0. The molecule has 142 valence electrons. The van der Waals surface area contributed by atoms with E-state index in [1.807, 2.05) is 6.07 Å². The maximum atomic E-state index is 9.96. The number of rotatable bonds is 5. The molecule has 1 aromatic carbocycles. The maximum absolute atomic E-state index is 9.96. The number of phenolic OH excluding ortho intramolecular Hbond substituents is 1. The lowest BCUT2D eigenvalue weighted by molar-refractivity contribution is 0.250. The van der Waals surface area contributed by atoms with Gasteiger partial charge in [-0.3, -0.25) is 4.99 Å². The van der Waals surface area contributed by atoms with Gasteiger partial charge in [0.05, 0.1) is 7.11 Å². The summed E-state index contributed by atoms with van der Waals surface area (Å²) >= 11 is 0. The highest BCUT2D eigenvalue weighted by Crippen LogP contribution is 2.29. The predicted molar refractivity (Wildman–Crippen MR) is 114 cm³/mol. The minimum atomic E-state index is 0. The first-order valence-corrected chi connectivity index (χ1v) is 8.86. The van der Waals surface area contributed by atoms with Gasteiger partial charge in [-0.05, 0) is 55.7 Å². The highest BCUT2D eigenvalue weighted by atomic mass is 127. The number of guanidine groups is 1. The van der Waals surface area contributed by atoms with Crippen molar-refractivity contribution in [1.82, 2.24) is 10.6 Å². The number of hydrogen-bond donors (Lipinski definition) is 3. The van der Waals surface area contributed by atoms with Crippen LogP contribution in [0.3, 0.4) is 0 Å². The molecular weight excluding hydrogens is 429 g/mol. The summed E-state index contributed by atoms with van der Waals surface area (Å²) in [6.45, 7) is 5.14. The monoisotopic (exact) mass is 461 g/mol. The van der Waals surface area contributed by atoms with Gasteiger partial charge in [-0.25, -0.2) is 0 Å². The van der Waals surface area contributed by atoms with E-state index >= 15 is 0 Å². The van der Waals surface area contributed by atoms with E-state index in [9.17, 15) is 5.11 Å². The Balaban J connectivity index is 0.00000312. The zero-order chi connectivity index (χ0) is 17.5. The van der Waals surface area contributed by atoms with Crippen molar-refractivity contribution in [2.24, 2.45) is 16.8 Å². The second-order valence-electron chi connectivity index (χ2n) is 6.92. The molecule has 6 heteroatoms. The van der Waals surface area contributed by atoms with Crippen molar-refractivity contribution in [2.45, 2.75) is 52.1 Å². The normalized spacial score (nSPS) is 20.8. The molecule has 1 fully saturated rings. The number of nitrogens with zero attached hydrogens (tertiary/aromatic N) is 1. The average molecular weight is 461 g/mol. The van der Waals surface area contributed by atoms with Crippen LogP contribution < -0.4 is 15.4 Å². The lowest BCUT2D eigenvalue weighted by Crippen LogP contribution is -2.44. The molecular formula is C19H32IN3O2. The summed E-state index contributed by atoms with van der Waals surface area (Å²) in [6.07, 6.45) is 4.94. The molecule has 3 N–H and O–H groups in total. The Kier molecular flexibility index (Phi) is 9.38. The van der Waals surface area contributed by atoms with Crippen LogP contribution in [-0.2, 0) is 6.54 Å². The number of benzene rings is 1. The van der Waals surface area contributed by atoms with E-state index in [1.54, 1.807) is 26.3 Å². The topological polar surface area (TPSA) is 65.9 Å². The Labute approximate surface area is 168 Å². The Hall–Kier alpha value is -1.18. The van der Waals surface area contributed by atoms with Crippen molar-refractivity contribution >= 4 is 29.9 Å². The number of hydrogen-bond acceptors (Lipinski definition) is 3. The van der Waals surface area contributed by atoms with Crippen molar-refractivity contribution < 1.29 is 9.84 Å². The van der Waals surface area contributed by atoms with Gasteiger partial charge in [0.1, 0.15) is 11.5 Å². The molecule has 2 rings (SSSR count). The van der Waals surface area contributed by atoms with Gasteiger partial charge in [0.25, 0.3) is 0 Å². The largest absolute Gasteiger partial charge is 0.508 e. The fourth-order valence-electron chi connectivity index (χ4n) is 3.33. The Morgan fingerprint density at radius 2 is 1.96 bits per heavy atom. The van der Waals surface area contributed by atoms with Gasteiger partial charge >= 0.3 is 0 Å². The van der Waals surface area contributed by atoms with Crippen LogP contribution in [-0.4, -0.2) is 31.3 Å². The van der Waals surface area contributed by atoms with Crippen molar-refractivity contribution in [2.75, 3.05) is 14.2 Å². The molecule has 0 spiro atoms. The van der Waals surface area contributed by atoms with Gasteiger partial charge in [-0.2, -0.15) is 0 Å². The van der Waals surface area contributed by atoms with Crippen LogP contribution in [0, 0.1) is 11.8 Å². The molecule has 0 unspecified atom stereocenters. The molecule has 0 atom stereocenters. The summed E-state index contributed by atoms with van der Waals surface area (Å²) in [7, 11) is 3.40. The third-order valence-corrected chi connectivity index (χ3v) is 5.01. The Morgan fingerprint density at radius 1 is 1.28 bits per heavy atom. The summed E-state index contributed by atoms with van der Waals surface area (Å²) < 4.78 is 5.21.